The summed E-state index contributed by atoms with van der Waals surface area (Å²) in [6.45, 7) is 0. The molecule has 0 spiro atoms. The molecule has 1 aliphatic carbocycles. The fraction of sp³-hybridized carbons (Fsp3) is 0.0377. The molecule has 1 atom stereocenters. The smallest absolute Gasteiger partial charge is 0.165 e. The van der Waals surface area contributed by atoms with E-state index in [2.05, 4.69) is 197 Å². The van der Waals surface area contributed by atoms with Gasteiger partial charge in [0, 0.05) is 38.4 Å². The molecule has 0 radical (unpaired) electrons. The molecule has 5 nitrogen and oxygen atoms in total. The normalized spacial score (nSPS) is 13.9. The Balaban J connectivity index is 1.16. The van der Waals surface area contributed by atoms with Crippen LogP contribution in [-0.2, 0) is 0 Å². The number of allylic oxidation sites excluding steroid dienone is 1. The van der Waals surface area contributed by atoms with Crippen LogP contribution in [0.2, 0.25) is 0 Å². The Hall–Kier alpha value is -7.63. The van der Waals surface area contributed by atoms with Crippen molar-refractivity contribution in [2.75, 3.05) is 0 Å². The van der Waals surface area contributed by atoms with E-state index in [1.54, 1.807) is 0 Å². The minimum Gasteiger partial charge on any atom is -0.310 e. The van der Waals surface area contributed by atoms with Crippen LogP contribution in [0.15, 0.2) is 188 Å². The third-order valence-electron chi connectivity index (χ3n) is 11.9. The van der Waals surface area contributed by atoms with Gasteiger partial charge in [-0.05, 0) is 70.6 Å². The SMILES string of the molecule is C1=Cc2c(c3ccccc3n2-c2ccccc2)C(c2nc(-c3ccccc3)nc(-c3ccc4ccccc4c3-n3c4ccccc4c4c5ccccc5ccc43)n2)C1. The summed E-state index contributed by atoms with van der Waals surface area (Å²) >= 11 is 0. The van der Waals surface area contributed by atoms with Crippen LogP contribution in [0.5, 0.6) is 0 Å². The molecule has 3 heterocycles. The highest BCUT2D eigenvalue weighted by Crippen LogP contribution is 2.45. The number of nitrogens with zero attached hydrogens (tertiary/aromatic N) is 5. The zero-order valence-corrected chi connectivity index (χ0v) is 31.5. The number of aromatic nitrogens is 5. The summed E-state index contributed by atoms with van der Waals surface area (Å²) in [5.41, 5.74) is 9.95. The van der Waals surface area contributed by atoms with Crippen LogP contribution in [0.1, 0.15) is 29.4 Å². The van der Waals surface area contributed by atoms with Gasteiger partial charge < -0.3 is 9.13 Å². The molecular weight excluding hydrogens is 707 g/mol. The first kappa shape index (κ1) is 32.6. The first-order valence-electron chi connectivity index (χ1n) is 19.9. The van der Waals surface area contributed by atoms with Gasteiger partial charge in [-0.2, -0.15) is 0 Å². The zero-order chi connectivity index (χ0) is 38.2. The van der Waals surface area contributed by atoms with Crippen molar-refractivity contribution >= 4 is 60.3 Å². The molecule has 0 saturated carbocycles. The Morgan fingerprint density at radius 2 is 1.05 bits per heavy atom. The molecule has 0 bridgehead atoms. The summed E-state index contributed by atoms with van der Waals surface area (Å²) in [5.74, 6) is 1.98. The summed E-state index contributed by atoms with van der Waals surface area (Å²) in [6.07, 6.45) is 5.32. The quantitative estimate of drug-likeness (QED) is 0.176. The molecule has 0 fully saturated rings. The molecule has 8 aromatic carbocycles. The zero-order valence-electron chi connectivity index (χ0n) is 31.5. The summed E-state index contributed by atoms with van der Waals surface area (Å²) in [4.78, 5) is 16.3. The first-order valence-corrected chi connectivity index (χ1v) is 19.9. The summed E-state index contributed by atoms with van der Waals surface area (Å²) in [5, 5.41) is 8.41. The van der Waals surface area contributed by atoms with Crippen LogP contribution in [-0.4, -0.2) is 24.1 Å². The minimum atomic E-state index is -0.0948. The van der Waals surface area contributed by atoms with E-state index in [-0.39, 0.29) is 5.92 Å². The van der Waals surface area contributed by atoms with Crippen molar-refractivity contribution < 1.29 is 0 Å². The molecule has 5 heteroatoms. The van der Waals surface area contributed by atoms with Gasteiger partial charge in [0.15, 0.2) is 11.6 Å². The second kappa shape index (κ2) is 13.0. The molecule has 12 rings (SSSR count). The van der Waals surface area contributed by atoms with Crippen molar-refractivity contribution in [2.24, 2.45) is 0 Å². The number of hydrogen-bond acceptors (Lipinski definition) is 3. The van der Waals surface area contributed by atoms with Crippen molar-refractivity contribution in [3.8, 4) is 34.2 Å². The largest absolute Gasteiger partial charge is 0.310 e. The molecule has 272 valence electrons. The van der Waals surface area contributed by atoms with Crippen LogP contribution in [0.25, 0.3) is 94.5 Å². The van der Waals surface area contributed by atoms with Crippen molar-refractivity contribution in [2.45, 2.75) is 12.3 Å². The maximum Gasteiger partial charge on any atom is 0.165 e. The fourth-order valence-electron chi connectivity index (χ4n) is 9.38. The Labute approximate surface area is 334 Å². The number of para-hydroxylation sites is 3. The molecule has 1 unspecified atom stereocenters. The van der Waals surface area contributed by atoms with Crippen LogP contribution < -0.4 is 0 Å². The number of rotatable bonds is 5. The molecule has 11 aromatic rings. The van der Waals surface area contributed by atoms with Crippen molar-refractivity contribution in [3.05, 3.63) is 205 Å². The number of hydrogen-bond donors (Lipinski definition) is 0. The third kappa shape index (κ3) is 4.93. The van der Waals surface area contributed by atoms with Gasteiger partial charge in [-0.1, -0.05) is 152 Å². The third-order valence-corrected chi connectivity index (χ3v) is 11.9. The Bertz CT molecular complexity index is 3430. The standard InChI is InChI=1S/C53H35N5/c1-3-18-36(19-4-1)51-54-52(42-26-15-29-46-49(42)40-24-11-13-27-44(40)57(46)37-20-5-2-6-21-37)56-53(55-51)43-32-30-35-17-8-10-23-39(35)50(43)58-45-28-14-12-25-41(45)48-38-22-9-7-16-34(38)31-33-47(48)58/h1-25,27-33,42H,26H2. The number of benzene rings is 8. The average Bonchev–Trinajstić information content (AvgIpc) is 3.82. The van der Waals surface area contributed by atoms with Gasteiger partial charge in [0.05, 0.1) is 33.8 Å². The highest BCUT2D eigenvalue weighted by Gasteiger charge is 2.30. The number of fused-ring (bicyclic) bond motifs is 9. The molecule has 0 aliphatic heterocycles. The van der Waals surface area contributed by atoms with E-state index in [4.69, 9.17) is 15.0 Å². The molecular formula is C53H35N5. The van der Waals surface area contributed by atoms with Gasteiger partial charge in [0.25, 0.3) is 0 Å². The van der Waals surface area contributed by atoms with Crippen LogP contribution >= 0.6 is 0 Å². The van der Waals surface area contributed by atoms with E-state index in [9.17, 15) is 0 Å². The second-order valence-corrected chi connectivity index (χ2v) is 15.1. The molecule has 0 amide bonds. The van der Waals surface area contributed by atoms with Gasteiger partial charge in [0.2, 0.25) is 0 Å². The summed E-state index contributed by atoms with van der Waals surface area (Å²) in [7, 11) is 0. The molecule has 3 aromatic heterocycles. The first-order chi connectivity index (χ1) is 28.8. The van der Waals surface area contributed by atoms with Crippen molar-refractivity contribution in [1.82, 2.24) is 24.1 Å². The fourth-order valence-corrected chi connectivity index (χ4v) is 9.38. The van der Waals surface area contributed by atoms with Crippen LogP contribution in [0, 0.1) is 0 Å². The predicted molar refractivity (Wildman–Crippen MR) is 239 cm³/mol. The molecule has 58 heavy (non-hydrogen) atoms. The van der Waals surface area contributed by atoms with Gasteiger partial charge >= 0.3 is 0 Å². The lowest BCUT2D eigenvalue weighted by atomic mass is 9.88. The Kier molecular flexibility index (Phi) is 7.29. The maximum absolute atomic E-state index is 5.55. The summed E-state index contributed by atoms with van der Waals surface area (Å²) in [6, 6.07) is 64.7. The minimum absolute atomic E-state index is 0.0948. The van der Waals surface area contributed by atoms with E-state index in [0.29, 0.717) is 11.6 Å². The van der Waals surface area contributed by atoms with Crippen molar-refractivity contribution in [3.63, 3.8) is 0 Å². The van der Waals surface area contributed by atoms with Gasteiger partial charge in [-0.15, -0.1) is 0 Å². The maximum atomic E-state index is 5.55. The monoisotopic (exact) mass is 741 g/mol. The lowest BCUT2D eigenvalue weighted by molar-refractivity contribution is 0.741. The van der Waals surface area contributed by atoms with E-state index in [1.807, 2.05) is 6.07 Å². The van der Waals surface area contributed by atoms with E-state index in [1.165, 1.54) is 38.0 Å². The Morgan fingerprint density at radius 3 is 1.84 bits per heavy atom. The summed E-state index contributed by atoms with van der Waals surface area (Å²) < 4.78 is 4.82. The van der Waals surface area contributed by atoms with Crippen molar-refractivity contribution in [1.29, 1.82) is 0 Å². The second-order valence-electron chi connectivity index (χ2n) is 15.1. The topological polar surface area (TPSA) is 48.5 Å². The van der Waals surface area contributed by atoms with Gasteiger partial charge in [-0.3, -0.25) is 0 Å². The highest BCUT2D eigenvalue weighted by atomic mass is 15.1. The van der Waals surface area contributed by atoms with E-state index >= 15 is 0 Å². The average molecular weight is 742 g/mol. The predicted octanol–water partition coefficient (Wildman–Crippen LogP) is 13.1. The van der Waals surface area contributed by atoms with Crippen LogP contribution in [0.3, 0.4) is 0 Å². The highest BCUT2D eigenvalue weighted by molar-refractivity contribution is 6.22. The van der Waals surface area contributed by atoms with Gasteiger partial charge in [-0.25, -0.2) is 15.0 Å². The lowest BCUT2D eigenvalue weighted by Gasteiger charge is -2.22. The molecule has 0 N–H and O–H groups in total. The van der Waals surface area contributed by atoms with Gasteiger partial charge in [0.1, 0.15) is 5.82 Å². The lowest BCUT2D eigenvalue weighted by Crippen LogP contribution is -2.13. The van der Waals surface area contributed by atoms with E-state index < -0.39 is 0 Å². The molecule has 0 saturated heterocycles. The Morgan fingerprint density at radius 1 is 0.448 bits per heavy atom. The van der Waals surface area contributed by atoms with E-state index in [0.717, 1.165) is 62.2 Å². The molecule has 1 aliphatic rings. The van der Waals surface area contributed by atoms with Crippen LogP contribution in [0.4, 0.5) is 0 Å².